The average molecular weight is 479 g/mol. The molecule has 0 aliphatic carbocycles. The van der Waals surface area contributed by atoms with Crippen LogP contribution in [0.5, 0.6) is 5.75 Å². The number of carbonyl (C=O) groups is 2. The zero-order valence-electron chi connectivity index (χ0n) is 20.9. The summed E-state index contributed by atoms with van der Waals surface area (Å²) in [5.74, 6) is 6.70. The topological polar surface area (TPSA) is 107 Å². The Morgan fingerprint density at radius 3 is 2.71 bits per heavy atom. The van der Waals surface area contributed by atoms with Gasteiger partial charge in [0.1, 0.15) is 18.5 Å². The molecule has 1 unspecified atom stereocenters. The van der Waals surface area contributed by atoms with Crippen LogP contribution in [0.25, 0.3) is 11.6 Å². The van der Waals surface area contributed by atoms with E-state index in [4.69, 9.17) is 9.84 Å². The van der Waals surface area contributed by atoms with Gasteiger partial charge in [-0.1, -0.05) is 50.5 Å². The summed E-state index contributed by atoms with van der Waals surface area (Å²) in [5.41, 5.74) is 4.50. The summed E-state index contributed by atoms with van der Waals surface area (Å²) in [6.45, 7) is 8.21. The Bertz CT molecular complexity index is 1140. The van der Waals surface area contributed by atoms with Crippen molar-refractivity contribution >= 4 is 23.5 Å². The number of aliphatic hydroxyl groups is 1. The first-order chi connectivity index (χ1) is 16.7. The zero-order chi connectivity index (χ0) is 26.0. The van der Waals surface area contributed by atoms with Crippen LogP contribution in [0.4, 0.5) is 0 Å². The number of methoxy groups -OCH3 is 1. The van der Waals surface area contributed by atoms with E-state index in [1.807, 2.05) is 30.5 Å². The van der Waals surface area contributed by atoms with Crippen molar-refractivity contribution in [1.82, 2.24) is 20.5 Å². The fraction of sp³-hybridized carbons (Fsp3) is 0.333. The normalized spacial score (nSPS) is 13.3. The molecule has 2 amide bonds. The minimum Gasteiger partial charge on any atom is -0.497 e. The lowest BCUT2D eigenvalue weighted by atomic mass is 10.0. The summed E-state index contributed by atoms with van der Waals surface area (Å²) < 4.78 is 5.05. The summed E-state index contributed by atoms with van der Waals surface area (Å²) in [5, 5.41) is 13.9. The number of nitrogens with zero attached hydrogens (tertiary/aromatic N) is 1. The van der Waals surface area contributed by atoms with Crippen LogP contribution in [0.3, 0.4) is 0 Å². The Morgan fingerprint density at radius 1 is 1.37 bits per heavy atom. The molecule has 8 heteroatoms. The molecule has 1 aromatic heterocycles. The van der Waals surface area contributed by atoms with Crippen molar-refractivity contribution in [3.05, 3.63) is 65.5 Å². The van der Waals surface area contributed by atoms with E-state index in [0.717, 1.165) is 33.7 Å². The highest BCUT2D eigenvalue weighted by molar-refractivity contribution is 5.98. The molecule has 3 rings (SSSR count). The Hall–Kier alpha value is -3.80. The van der Waals surface area contributed by atoms with Crippen LogP contribution in [-0.2, 0) is 11.3 Å². The van der Waals surface area contributed by atoms with Gasteiger partial charge in [0.25, 0.3) is 11.8 Å². The Kier molecular flexibility index (Phi) is 10.3. The fourth-order valence-corrected chi connectivity index (χ4v) is 3.46. The number of aliphatic hydroxyl groups excluding tert-OH is 1. The maximum Gasteiger partial charge on any atom is 0.254 e. The number of nitrogens with one attached hydrogen (secondary N) is 3. The quantitative estimate of drug-likeness (QED) is 0.362. The number of H-pyrrole nitrogens is 1. The van der Waals surface area contributed by atoms with Gasteiger partial charge in [0.05, 0.1) is 12.8 Å². The third kappa shape index (κ3) is 7.34. The number of allylic oxidation sites excluding steroid dienone is 2. The Balaban J connectivity index is 0.000000279. The second-order valence-electron chi connectivity index (χ2n) is 8.21. The van der Waals surface area contributed by atoms with Crippen molar-refractivity contribution in [3.8, 4) is 17.6 Å². The molecule has 2 aromatic rings. The van der Waals surface area contributed by atoms with E-state index in [-0.39, 0.29) is 11.8 Å². The van der Waals surface area contributed by atoms with Crippen molar-refractivity contribution < 1.29 is 19.4 Å². The highest BCUT2D eigenvalue weighted by Crippen LogP contribution is 2.25. The summed E-state index contributed by atoms with van der Waals surface area (Å²) in [6, 6.07) is 6.85. The number of hydrogen-bond acceptors (Lipinski definition) is 5. The minimum absolute atomic E-state index is 0.0777. The van der Waals surface area contributed by atoms with E-state index in [1.165, 1.54) is 0 Å². The first-order valence-electron chi connectivity index (χ1n) is 11.3. The molecule has 1 atom stereocenters. The molecule has 0 saturated heterocycles. The second-order valence-corrected chi connectivity index (χ2v) is 8.21. The first kappa shape index (κ1) is 27.4. The van der Waals surface area contributed by atoms with E-state index < -0.39 is 12.8 Å². The number of hydrogen-bond donors (Lipinski definition) is 4. The standard InChI is InChI=1S/C17H23N3O2.C10H11NO2/c1-5-13-8-9-19-16(13)14(10-12(2)3)6-7-15(18-4)17(22)20-11-21;1-11-6-7-3-4-8(13-2)5-9(7)10(11)12/h5,8-10,12,15,18-19,21H,1,11H2,2-4H3,(H,20,22);3-5H,6H2,1-2H3/b14-10-;. The molecule has 1 aliphatic heterocycles. The number of likely N-dealkylation sites (N-methyl/N-ethyl adjacent to an activating group) is 1. The van der Waals surface area contributed by atoms with Crippen molar-refractivity contribution in [2.24, 2.45) is 5.92 Å². The zero-order valence-corrected chi connectivity index (χ0v) is 20.9. The van der Waals surface area contributed by atoms with E-state index in [1.54, 1.807) is 38.2 Å². The van der Waals surface area contributed by atoms with Crippen LogP contribution in [0.15, 0.2) is 43.1 Å². The largest absolute Gasteiger partial charge is 0.497 e. The van der Waals surface area contributed by atoms with Gasteiger partial charge in [-0.3, -0.25) is 14.9 Å². The molecule has 0 radical (unpaired) electrons. The number of rotatable bonds is 7. The van der Waals surface area contributed by atoms with Gasteiger partial charge in [-0.2, -0.15) is 0 Å². The second kappa shape index (κ2) is 13.2. The van der Waals surface area contributed by atoms with Crippen LogP contribution in [0, 0.1) is 17.8 Å². The summed E-state index contributed by atoms with van der Waals surface area (Å²) >= 11 is 0. The predicted octanol–water partition coefficient (Wildman–Crippen LogP) is 2.64. The molecule has 0 saturated carbocycles. The van der Waals surface area contributed by atoms with E-state index in [0.29, 0.717) is 12.5 Å². The molecule has 1 aromatic carbocycles. The summed E-state index contributed by atoms with van der Waals surface area (Å²) in [6.07, 6.45) is 5.62. The number of benzene rings is 1. The van der Waals surface area contributed by atoms with E-state index >= 15 is 0 Å². The summed E-state index contributed by atoms with van der Waals surface area (Å²) in [4.78, 5) is 28.1. The van der Waals surface area contributed by atoms with Crippen molar-refractivity contribution in [2.45, 2.75) is 26.4 Å². The van der Waals surface area contributed by atoms with E-state index in [2.05, 4.69) is 47.9 Å². The molecule has 1 aliphatic rings. The van der Waals surface area contributed by atoms with Crippen LogP contribution in [0.1, 0.15) is 41.0 Å². The van der Waals surface area contributed by atoms with Crippen molar-refractivity contribution in [1.29, 1.82) is 0 Å². The number of carbonyl (C=O) groups excluding carboxylic acids is 2. The Labute approximate surface area is 207 Å². The third-order valence-electron chi connectivity index (χ3n) is 5.23. The number of ether oxygens (including phenoxy) is 1. The number of amides is 2. The average Bonchev–Trinajstić information content (AvgIpc) is 3.43. The molecule has 2 heterocycles. The maximum absolute atomic E-state index is 11.7. The number of aromatic amines is 1. The number of aromatic nitrogens is 1. The van der Waals surface area contributed by atoms with Crippen LogP contribution >= 0.6 is 0 Å². The summed E-state index contributed by atoms with van der Waals surface area (Å²) in [7, 11) is 5.05. The fourth-order valence-electron chi connectivity index (χ4n) is 3.46. The number of fused-ring (bicyclic) bond motifs is 1. The highest BCUT2D eigenvalue weighted by atomic mass is 16.5. The lowest BCUT2D eigenvalue weighted by Crippen LogP contribution is -2.41. The molecule has 0 spiro atoms. The van der Waals surface area contributed by atoms with Crippen molar-refractivity contribution in [2.75, 3.05) is 27.9 Å². The lowest BCUT2D eigenvalue weighted by molar-refractivity contribution is -0.122. The van der Waals surface area contributed by atoms with Crippen LogP contribution in [0.2, 0.25) is 0 Å². The highest BCUT2D eigenvalue weighted by Gasteiger charge is 2.24. The van der Waals surface area contributed by atoms with Crippen LogP contribution < -0.4 is 15.4 Å². The molecular formula is C27H34N4O4. The Morgan fingerprint density at radius 2 is 2.11 bits per heavy atom. The molecular weight excluding hydrogens is 444 g/mol. The maximum atomic E-state index is 11.7. The molecule has 186 valence electrons. The van der Waals surface area contributed by atoms with Gasteiger partial charge in [0.15, 0.2) is 0 Å². The minimum atomic E-state index is -0.690. The van der Waals surface area contributed by atoms with Crippen LogP contribution in [-0.4, -0.2) is 60.8 Å². The molecule has 0 bridgehead atoms. The first-order valence-corrected chi connectivity index (χ1v) is 11.3. The smallest absolute Gasteiger partial charge is 0.254 e. The third-order valence-corrected chi connectivity index (χ3v) is 5.23. The lowest BCUT2D eigenvalue weighted by Gasteiger charge is -2.08. The van der Waals surface area contributed by atoms with Gasteiger partial charge >= 0.3 is 0 Å². The van der Waals surface area contributed by atoms with Gasteiger partial charge in [0, 0.05) is 36.5 Å². The monoisotopic (exact) mass is 478 g/mol. The predicted molar refractivity (Wildman–Crippen MR) is 138 cm³/mol. The SMILES string of the molecule is C=Cc1cc[nH]c1/C(C#CC(NC)C(=O)NCO)=C\C(C)C.COc1ccc2c(c1)C(=O)N(C)C2. The molecule has 4 N–H and O–H groups in total. The van der Waals surface area contributed by atoms with E-state index in [9.17, 15) is 9.59 Å². The molecule has 0 fully saturated rings. The van der Waals surface area contributed by atoms with Crippen molar-refractivity contribution in [3.63, 3.8) is 0 Å². The molecule has 35 heavy (non-hydrogen) atoms. The van der Waals surface area contributed by atoms with Gasteiger partial charge in [-0.15, -0.1) is 0 Å². The van der Waals surface area contributed by atoms with Gasteiger partial charge in [-0.25, -0.2) is 0 Å². The molecule has 8 nitrogen and oxygen atoms in total. The van der Waals surface area contributed by atoms with Gasteiger partial charge in [-0.05, 0) is 36.7 Å². The van der Waals surface area contributed by atoms with Gasteiger partial charge in [0.2, 0.25) is 0 Å². The van der Waals surface area contributed by atoms with Gasteiger partial charge < -0.3 is 25.0 Å².